The van der Waals surface area contributed by atoms with Gasteiger partial charge < -0.3 is 10.0 Å². The second-order valence-electron chi connectivity index (χ2n) is 6.17. The van der Waals surface area contributed by atoms with Crippen LogP contribution in [0.15, 0.2) is 24.3 Å². The van der Waals surface area contributed by atoms with Gasteiger partial charge in [-0.25, -0.2) is 0 Å². The lowest BCUT2D eigenvalue weighted by Gasteiger charge is -2.26. The molecule has 1 aliphatic heterocycles. The van der Waals surface area contributed by atoms with Crippen LogP contribution in [-0.4, -0.2) is 34.5 Å². The van der Waals surface area contributed by atoms with Gasteiger partial charge in [0.05, 0.1) is 12.0 Å². The summed E-state index contributed by atoms with van der Waals surface area (Å²) < 4.78 is 39.3. The van der Waals surface area contributed by atoms with Gasteiger partial charge in [-0.3, -0.25) is 9.59 Å². The van der Waals surface area contributed by atoms with Crippen molar-refractivity contribution in [3.8, 4) is 0 Å². The molecule has 7 heteroatoms. The minimum atomic E-state index is -4.46. The first kappa shape index (κ1) is 18.3. The Labute approximate surface area is 138 Å². The predicted molar refractivity (Wildman–Crippen MR) is 81.5 cm³/mol. The van der Waals surface area contributed by atoms with E-state index >= 15 is 0 Å². The number of likely N-dealkylation sites (tertiary alicyclic amines) is 1. The molecular weight excluding hydrogens is 323 g/mol. The summed E-state index contributed by atoms with van der Waals surface area (Å²) in [5.74, 6) is -1.86. The minimum Gasteiger partial charge on any atom is -0.481 e. The number of amides is 1. The van der Waals surface area contributed by atoms with Crippen LogP contribution in [0.3, 0.4) is 0 Å². The number of hydrogen-bond donors (Lipinski definition) is 1. The molecule has 2 unspecified atom stereocenters. The third kappa shape index (κ3) is 4.27. The van der Waals surface area contributed by atoms with Gasteiger partial charge in [0.1, 0.15) is 0 Å². The van der Waals surface area contributed by atoms with Crippen molar-refractivity contribution in [2.24, 2.45) is 0 Å². The number of rotatable bonds is 5. The fourth-order valence-electron chi connectivity index (χ4n) is 3.25. The summed E-state index contributed by atoms with van der Waals surface area (Å²) in [7, 11) is 0. The monoisotopic (exact) mass is 343 g/mol. The molecule has 1 N–H and O–H groups in total. The fourth-order valence-corrected chi connectivity index (χ4v) is 3.25. The van der Waals surface area contributed by atoms with Crippen LogP contribution in [0.5, 0.6) is 0 Å². The number of carbonyl (C=O) groups is 2. The van der Waals surface area contributed by atoms with Crippen LogP contribution in [-0.2, 0) is 15.8 Å². The highest BCUT2D eigenvalue weighted by atomic mass is 19.4. The molecule has 1 aliphatic rings. The Hall–Kier alpha value is -2.05. The molecule has 132 valence electrons. The molecule has 2 rings (SSSR count). The van der Waals surface area contributed by atoms with Crippen LogP contribution in [0.1, 0.15) is 49.7 Å². The summed E-state index contributed by atoms with van der Waals surface area (Å²) >= 11 is 0. The van der Waals surface area contributed by atoms with Crippen molar-refractivity contribution in [2.75, 3.05) is 6.54 Å². The molecule has 4 nitrogen and oxygen atoms in total. The SMILES string of the molecule is CC(CC(=O)N1CCCC1CC(=O)O)c1ccccc1C(F)(F)F. The molecule has 1 aromatic carbocycles. The molecule has 1 fully saturated rings. The van der Waals surface area contributed by atoms with E-state index < -0.39 is 23.6 Å². The number of aliphatic carboxylic acids is 1. The Morgan fingerprint density at radius 1 is 1.33 bits per heavy atom. The molecule has 0 aliphatic carbocycles. The Kier molecular flexibility index (Phi) is 5.51. The van der Waals surface area contributed by atoms with E-state index in [0.29, 0.717) is 13.0 Å². The number of nitrogens with zero attached hydrogens (tertiary/aromatic N) is 1. The van der Waals surface area contributed by atoms with Gasteiger partial charge in [-0.2, -0.15) is 13.2 Å². The van der Waals surface area contributed by atoms with Crippen molar-refractivity contribution in [3.05, 3.63) is 35.4 Å². The second kappa shape index (κ2) is 7.23. The summed E-state index contributed by atoms with van der Waals surface area (Å²) in [4.78, 5) is 24.8. The topological polar surface area (TPSA) is 57.6 Å². The molecule has 0 radical (unpaired) electrons. The summed E-state index contributed by atoms with van der Waals surface area (Å²) in [6.45, 7) is 2.05. The Morgan fingerprint density at radius 2 is 2.00 bits per heavy atom. The first-order valence-corrected chi connectivity index (χ1v) is 7.87. The van der Waals surface area contributed by atoms with Crippen LogP contribution < -0.4 is 0 Å². The first-order chi connectivity index (χ1) is 11.2. The zero-order valence-corrected chi connectivity index (χ0v) is 13.3. The quantitative estimate of drug-likeness (QED) is 0.887. The molecule has 24 heavy (non-hydrogen) atoms. The molecule has 0 spiro atoms. The van der Waals surface area contributed by atoms with E-state index in [9.17, 15) is 22.8 Å². The highest BCUT2D eigenvalue weighted by Crippen LogP contribution is 2.36. The standard InChI is InChI=1S/C17H20F3NO3/c1-11(13-6-2-3-7-14(13)17(18,19)20)9-15(22)21-8-4-5-12(21)10-16(23)24/h2-3,6-7,11-12H,4-5,8-10H2,1H3,(H,23,24). The summed E-state index contributed by atoms with van der Waals surface area (Å²) in [5, 5.41) is 8.90. The molecule has 2 atom stereocenters. The van der Waals surface area contributed by atoms with Crippen LogP contribution in [0, 0.1) is 0 Å². The highest BCUT2D eigenvalue weighted by Gasteiger charge is 2.36. The van der Waals surface area contributed by atoms with Gasteiger partial charge >= 0.3 is 12.1 Å². The van der Waals surface area contributed by atoms with Crippen LogP contribution in [0.2, 0.25) is 0 Å². The molecule has 1 saturated heterocycles. The number of halogens is 3. The van der Waals surface area contributed by atoms with Crippen molar-refractivity contribution in [1.82, 2.24) is 4.90 Å². The molecule has 1 amide bonds. The molecule has 0 bridgehead atoms. The van der Waals surface area contributed by atoms with E-state index in [0.717, 1.165) is 12.5 Å². The van der Waals surface area contributed by atoms with Crippen molar-refractivity contribution in [1.29, 1.82) is 0 Å². The summed E-state index contributed by atoms with van der Waals surface area (Å²) in [5.41, 5.74) is -0.638. The number of carboxylic acids is 1. The molecule has 1 heterocycles. The largest absolute Gasteiger partial charge is 0.481 e. The van der Waals surface area contributed by atoms with E-state index in [1.54, 1.807) is 6.92 Å². The average Bonchev–Trinajstić information content (AvgIpc) is 2.93. The third-order valence-electron chi connectivity index (χ3n) is 4.39. The lowest BCUT2D eigenvalue weighted by atomic mass is 9.92. The molecule has 1 aromatic rings. The van der Waals surface area contributed by atoms with Gasteiger partial charge in [-0.1, -0.05) is 25.1 Å². The minimum absolute atomic E-state index is 0.0663. The van der Waals surface area contributed by atoms with E-state index in [1.165, 1.54) is 23.1 Å². The molecule has 0 saturated carbocycles. The second-order valence-corrected chi connectivity index (χ2v) is 6.17. The van der Waals surface area contributed by atoms with Gasteiger partial charge in [-0.05, 0) is 30.4 Å². The lowest BCUT2D eigenvalue weighted by Crippen LogP contribution is -2.37. The van der Waals surface area contributed by atoms with Crippen molar-refractivity contribution in [2.45, 2.75) is 50.7 Å². The number of hydrogen-bond acceptors (Lipinski definition) is 2. The maximum Gasteiger partial charge on any atom is 0.416 e. The van der Waals surface area contributed by atoms with Gasteiger partial charge in [-0.15, -0.1) is 0 Å². The fraction of sp³-hybridized carbons (Fsp3) is 0.529. The highest BCUT2D eigenvalue weighted by molar-refractivity contribution is 5.79. The van der Waals surface area contributed by atoms with E-state index in [-0.39, 0.29) is 30.4 Å². The van der Waals surface area contributed by atoms with E-state index in [2.05, 4.69) is 0 Å². The van der Waals surface area contributed by atoms with Crippen LogP contribution in [0.4, 0.5) is 13.2 Å². The lowest BCUT2D eigenvalue weighted by molar-refractivity contribution is -0.141. The summed E-state index contributed by atoms with van der Waals surface area (Å²) in [6.07, 6.45) is -3.32. The van der Waals surface area contributed by atoms with Crippen LogP contribution >= 0.6 is 0 Å². The molecule has 0 aromatic heterocycles. The van der Waals surface area contributed by atoms with E-state index in [4.69, 9.17) is 5.11 Å². The van der Waals surface area contributed by atoms with Gasteiger partial charge in [0.2, 0.25) is 5.91 Å². The van der Waals surface area contributed by atoms with Crippen molar-refractivity contribution < 1.29 is 27.9 Å². The number of carboxylic acid groups (broad SMARTS) is 1. The zero-order chi connectivity index (χ0) is 17.9. The number of benzene rings is 1. The zero-order valence-electron chi connectivity index (χ0n) is 13.3. The normalized spacial score (nSPS) is 19.3. The number of alkyl halides is 3. The smallest absolute Gasteiger partial charge is 0.416 e. The van der Waals surface area contributed by atoms with Gasteiger partial charge in [0.25, 0.3) is 0 Å². The van der Waals surface area contributed by atoms with Gasteiger partial charge in [0.15, 0.2) is 0 Å². The Bertz CT molecular complexity index is 615. The Balaban J connectivity index is 2.11. The first-order valence-electron chi connectivity index (χ1n) is 7.87. The Morgan fingerprint density at radius 3 is 2.62 bits per heavy atom. The van der Waals surface area contributed by atoms with Crippen molar-refractivity contribution in [3.63, 3.8) is 0 Å². The predicted octanol–water partition coefficient (Wildman–Crippen LogP) is 3.66. The molecular formula is C17H20F3NO3. The maximum atomic E-state index is 13.1. The van der Waals surface area contributed by atoms with Crippen molar-refractivity contribution >= 4 is 11.9 Å². The van der Waals surface area contributed by atoms with Crippen LogP contribution in [0.25, 0.3) is 0 Å². The third-order valence-corrected chi connectivity index (χ3v) is 4.39. The number of carbonyl (C=O) groups excluding carboxylic acids is 1. The average molecular weight is 343 g/mol. The summed E-state index contributed by atoms with van der Waals surface area (Å²) in [6, 6.07) is 4.89. The van der Waals surface area contributed by atoms with E-state index in [1.807, 2.05) is 0 Å². The maximum absolute atomic E-state index is 13.1. The van der Waals surface area contributed by atoms with Gasteiger partial charge in [0, 0.05) is 19.0 Å².